The summed E-state index contributed by atoms with van der Waals surface area (Å²) in [6.45, 7) is 0.686. The van der Waals surface area contributed by atoms with Gasteiger partial charge in [0.1, 0.15) is 6.10 Å². The molecule has 2 amide bonds. The van der Waals surface area contributed by atoms with E-state index in [0.29, 0.717) is 19.0 Å². The van der Waals surface area contributed by atoms with Crippen LogP contribution in [0.15, 0.2) is 42.6 Å². The molecule has 1 saturated carbocycles. The van der Waals surface area contributed by atoms with Crippen molar-refractivity contribution in [2.75, 3.05) is 0 Å². The van der Waals surface area contributed by atoms with Crippen molar-refractivity contribution in [3.05, 3.63) is 59.3 Å². The third-order valence-corrected chi connectivity index (χ3v) is 4.50. The zero-order chi connectivity index (χ0) is 19.1. The topological polar surface area (TPSA) is 101 Å². The Kier molecular flexibility index (Phi) is 6.25. The molecule has 2 aromatic rings. The second kappa shape index (κ2) is 9.02. The Bertz CT molecular complexity index is 786. The van der Waals surface area contributed by atoms with Crippen molar-refractivity contribution in [2.24, 2.45) is 0 Å². The Balaban J connectivity index is 1.44. The lowest BCUT2D eigenvalue weighted by molar-refractivity contribution is 0.0697. The number of aromatic nitrogens is 1. The van der Waals surface area contributed by atoms with E-state index >= 15 is 0 Å². The highest BCUT2D eigenvalue weighted by Gasteiger charge is 2.17. The third-order valence-electron chi connectivity index (χ3n) is 4.50. The molecule has 3 N–H and O–H groups in total. The summed E-state index contributed by atoms with van der Waals surface area (Å²) in [6, 6.07) is 9.78. The minimum absolute atomic E-state index is 0.219. The van der Waals surface area contributed by atoms with E-state index in [4.69, 9.17) is 9.84 Å². The Hall–Kier alpha value is -3.09. The number of nitrogens with one attached hydrogen (secondary N) is 2. The summed E-state index contributed by atoms with van der Waals surface area (Å²) < 4.78 is 5.87. The number of ether oxygens (including phenoxy) is 1. The smallest absolute Gasteiger partial charge is 0.335 e. The maximum Gasteiger partial charge on any atom is 0.335 e. The van der Waals surface area contributed by atoms with Crippen molar-refractivity contribution in [1.29, 1.82) is 0 Å². The van der Waals surface area contributed by atoms with Crippen molar-refractivity contribution < 1.29 is 19.4 Å². The van der Waals surface area contributed by atoms with Gasteiger partial charge in [0.15, 0.2) is 0 Å². The normalized spacial score (nSPS) is 13.9. The zero-order valence-electron chi connectivity index (χ0n) is 15.0. The SMILES string of the molecule is O=C(NCc1ccc(C(=O)O)cc1)NCc1ccnc(OC2CCCC2)c1. The fraction of sp³-hybridized carbons (Fsp3) is 0.350. The molecule has 7 heteroatoms. The predicted octanol–water partition coefficient (Wildman–Crippen LogP) is 3.10. The van der Waals surface area contributed by atoms with Crippen LogP contribution >= 0.6 is 0 Å². The van der Waals surface area contributed by atoms with E-state index in [9.17, 15) is 9.59 Å². The van der Waals surface area contributed by atoms with Crippen LogP contribution in [0.1, 0.15) is 47.2 Å². The van der Waals surface area contributed by atoms with Gasteiger partial charge < -0.3 is 20.5 Å². The number of carbonyl (C=O) groups excluding carboxylic acids is 1. The molecule has 1 aliphatic rings. The summed E-state index contributed by atoms with van der Waals surface area (Å²) in [7, 11) is 0. The lowest BCUT2D eigenvalue weighted by Crippen LogP contribution is -2.34. The van der Waals surface area contributed by atoms with Crippen LogP contribution in [0.25, 0.3) is 0 Å². The first-order valence-electron chi connectivity index (χ1n) is 9.05. The van der Waals surface area contributed by atoms with E-state index in [1.165, 1.54) is 25.0 Å². The number of carboxylic acid groups (broad SMARTS) is 1. The molecular formula is C20H23N3O4. The van der Waals surface area contributed by atoms with Gasteiger partial charge in [0.25, 0.3) is 0 Å². The number of hydrogen-bond donors (Lipinski definition) is 3. The molecule has 27 heavy (non-hydrogen) atoms. The molecule has 0 spiro atoms. The molecule has 0 bridgehead atoms. The molecule has 0 saturated heterocycles. The standard InChI is InChI=1S/C20H23N3O4/c24-19(25)16-7-5-14(6-8-16)12-22-20(26)23-13-15-9-10-21-18(11-15)27-17-3-1-2-4-17/h5-11,17H,1-4,12-13H2,(H,24,25)(H2,22,23,26). The summed E-state index contributed by atoms with van der Waals surface area (Å²) in [5.74, 6) is -0.374. The predicted molar refractivity (Wildman–Crippen MR) is 99.6 cm³/mol. The number of pyridine rings is 1. The Labute approximate surface area is 157 Å². The van der Waals surface area contributed by atoms with Gasteiger partial charge in [0.2, 0.25) is 5.88 Å². The van der Waals surface area contributed by atoms with Gasteiger partial charge in [-0.25, -0.2) is 14.6 Å². The zero-order valence-corrected chi connectivity index (χ0v) is 15.0. The number of aromatic carboxylic acids is 1. The second-order valence-electron chi connectivity index (χ2n) is 6.56. The number of urea groups is 1. The molecule has 0 unspecified atom stereocenters. The molecule has 142 valence electrons. The van der Waals surface area contributed by atoms with Crippen molar-refractivity contribution in [1.82, 2.24) is 15.6 Å². The van der Waals surface area contributed by atoms with Crippen LogP contribution in [-0.4, -0.2) is 28.2 Å². The largest absolute Gasteiger partial charge is 0.478 e. The number of carboxylic acids is 1. The lowest BCUT2D eigenvalue weighted by atomic mass is 10.1. The minimum atomic E-state index is -0.971. The quantitative estimate of drug-likeness (QED) is 0.696. The van der Waals surface area contributed by atoms with Crippen molar-refractivity contribution >= 4 is 12.0 Å². The van der Waals surface area contributed by atoms with Gasteiger partial charge in [0.05, 0.1) is 5.56 Å². The number of benzene rings is 1. The highest BCUT2D eigenvalue weighted by molar-refractivity contribution is 5.87. The van der Waals surface area contributed by atoms with E-state index in [1.54, 1.807) is 18.3 Å². The molecule has 1 aliphatic carbocycles. The fourth-order valence-corrected chi connectivity index (χ4v) is 2.99. The molecule has 3 rings (SSSR count). The highest BCUT2D eigenvalue weighted by Crippen LogP contribution is 2.23. The minimum Gasteiger partial charge on any atom is -0.478 e. The first kappa shape index (κ1) is 18.7. The van der Waals surface area contributed by atoms with Gasteiger partial charge in [-0.05, 0) is 55.0 Å². The second-order valence-corrected chi connectivity index (χ2v) is 6.56. The van der Waals surface area contributed by atoms with E-state index in [2.05, 4.69) is 15.6 Å². The van der Waals surface area contributed by atoms with Gasteiger partial charge in [0, 0.05) is 25.4 Å². The maximum absolute atomic E-state index is 12.0. The van der Waals surface area contributed by atoms with Crippen LogP contribution in [0.5, 0.6) is 5.88 Å². The maximum atomic E-state index is 12.0. The van der Waals surface area contributed by atoms with Gasteiger partial charge in [-0.15, -0.1) is 0 Å². The van der Waals surface area contributed by atoms with Crippen LogP contribution in [0, 0.1) is 0 Å². The van der Waals surface area contributed by atoms with Crippen LogP contribution < -0.4 is 15.4 Å². The number of nitrogens with zero attached hydrogens (tertiary/aromatic N) is 1. The molecular weight excluding hydrogens is 346 g/mol. The summed E-state index contributed by atoms with van der Waals surface area (Å²) in [6.07, 6.45) is 6.47. The van der Waals surface area contributed by atoms with Gasteiger partial charge in [-0.1, -0.05) is 12.1 Å². The van der Waals surface area contributed by atoms with Gasteiger partial charge in [-0.2, -0.15) is 0 Å². The summed E-state index contributed by atoms with van der Waals surface area (Å²) in [5.41, 5.74) is 1.96. The molecule has 1 fully saturated rings. The molecule has 0 atom stereocenters. The van der Waals surface area contributed by atoms with E-state index in [0.717, 1.165) is 24.0 Å². The summed E-state index contributed by atoms with van der Waals surface area (Å²) >= 11 is 0. The molecule has 0 aliphatic heterocycles. The molecule has 7 nitrogen and oxygen atoms in total. The first-order chi connectivity index (χ1) is 13.1. The Morgan fingerprint density at radius 2 is 1.70 bits per heavy atom. The van der Waals surface area contributed by atoms with Crippen molar-refractivity contribution in [3.8, 4) is 5.88 Å². The monoisotopic (exact) mass is 369 g/mol. The summed E-state index contributed by atoms with van der Waals surface area (Å²) in [5, 5.41) is 14.4. The number of hydrogen-bond acceptors (Lipinski definition) is 4. The molecule has 0 radical (unpaired) electrons. The molecule has 1 aromatic heterocycles. The van der Waals surface area contributed by atoms with Crippen molar-refractivity contribution in [2.45, 2.75) is 44.9 Å². The van der Waals surface area contributed by atoms with Crippen LogP contribution in [0.2, 0.25) is 0 Å². The summed E-state index contributed by atoms with van der Waals surface area (Å²) in [4.78, 5) is 27.0. The average Bonchev–Trinajstić information content (AvgIpc) is 3.18. The van der Waals surface area contributed by atoms with Crippen LogP contribution in [0.3, 0.4) is 0 Å². The number of amides is 2. The number of rotatable bonds is 7. The van der Waals surface area contributed by atoms with Gasteiger partial charge in [-0.3, -0.25) is 0 Å². The molecule has 1 aromatic carbocycles. The van der Waals surface area contributed by atoms with Gasteiger partial charge >= 0.3 is 12.0 Å². The van der Waals surface area contributed by atoms with E-state index in [1.807, 2.05) is 12.1 Å². The Morgan fingerprint density at radius 3 is 2.37 bits per heavy atom. The van der Waals surface area contributed by atoms with Crippen molar-refractivity contribution in [3.63, 3.8) is 0 Å². The number of carbonyl (C=O) groups is 2. The Morgan fingerprint density at radius 1 is 1.04 bits per heavy atom. The first-order valence-corrected chi connectivity index (χ1v) is 9.05. The highest BCUT2D eigenvalue weighted by atomic mass is 16.5. The van der Waals surface area contributed by atoms with Crippen LogP contribution in [0.4, 0.5) is 4.79 Å². The molecule has 1 heterocycles. The van der Waals surface area contributed by atoms with E-state index in [-0.39, 0.29) is 17.7 Å². The van der Waals surface area contributed by atoms with Crippen LogP contribution in [-0.2, 0) is 13.1 Å². The van der Waals surface area contributed by atoms with E-state index < -0.39 is 5.97 Å². The average molecular weight is 369 g/mol. The third kappa shape index (κ3) is 5.70. The fourth-order valence-electron chi connectivity index (χ4n) is 2.99. The lowest BCUT2D eigenvalue weighted by Gasteiger charge is -2.13.